The van der Waals surface area contributed by atoms with Crippen LogP contribution in [-0.2, 0) is 11.2 Å². The first kappa shape index (κ1) is 24.8. The van der Waals surface area contributed by atoms with E-state index in [2.05, 4.69) is 62.5 Å². The number of allylic oxidation sites excluding steroid dienone is 1. The van der Waals surface area contributed by atoms with Crippen LogP contribution in [0.25, 0.3) is 16.7 Å². The molecule has 6 nitrogen and oxygen atoms in total. The van der Waals surface area contributed by atoms with E-state index >= 15 is 0 Å². The Bertz CT molecular complexity index is 1390. The molecule has 1 unspecified atom stereocenters. The quantitative estimate of drug-likeness (QED) is 0.425. The van der Waals surface area contributed by atoms with Crippen LogP contribution in [0.5, 0.6) is 11.5 Å². The Kier molecular flexibility index (Phi) is 6.36. The molecule has 0 aromatic heterocycles. The molecule has 0 saturated heterocycles. The first-order chi connectivity index (χ1) is 17.7. The van der Waals surface area contributed by atoms with E-state index < -0.39 is 0 Å². The Hall–Kier alpha value is -3.93. The van der Waals surface area contributed by atoms with Gasteiger partial charge in [-0.3, -0.25) is 0 Å². The van der Waals surface area contributed by atoms with Crippen molar-refractivity contribution in [3.63, 3.8) is 0 Å². The predicted molar refractivity (Wildman–Crippen MR) is 147 cm³/mol. The number of ether oxygens (including phenoxy) is 3. The maximum atomic E-state index is 11.8. The normalized spacial score (nSPS) is 16.7. The molecule has 2 aliphatic rings. The summed E-state index contributed by atoms with van der Waals surface area (Å²) in [6.07, 6.45) is 2.26. The topological polar surface area (TPSA) is 60.0 Å². The van der Waals surface area contributed by atoms with Gasteiger partial charge < -0.3 is 24.4 Å². The van der Waals surface area contributed by atoms with Crippen LogP contribution < -0.4 is 14.8 Å². The monoisotopic (exact) mass is 498 g/mol. The summed E-state index contributed by atoms with van der Waals surface area (Å²) in [6, 6.07) is 18.6. The Morgan fingerprint density at radius 1 is 1.08 bits per heavy atom. The van der Waals surface area contributed by atoms with Crippen molar-refractivity contribution in [3.8, 4) is 22.6 Å². The molecule has 0 bridgehead atoms. The molecule has 1 atom stereocenters. The van der Waals surface area contributed by atoms with Gasteiger partial charge in [-0.25, -0.2) is 4.79 Å². The van der Waals surface area contributed by atoms with Gasteiger partial charge in [-0.15, -0.1) is 0 Å². The highest BCUT2D eigenvalue weighted by atomic mass is 16.6. The number of amides is 1. The molecule has 0 saturated carbocycles. The zero-order chi connectivity index (χ0) is 26.3. The maximum Gasteiger partial charge on any atom is 0.409 e. The number of nitrogens with zero attached hydrogens (tertiary/aromatic N) is 1. The second kappa shape index (κ2) is 9.51. The van der Waals surface area contributed by atoms with Crippen molar-refractivity contribution in [2.75, 3.05) is 33.1 Å². The summed E-state index contributed by atoms with van der Waals surface area (Å²) in [5.74, 6) is 1.59. The number of hydrogen-bond donors (Lipinski definition) is 1. The van der Waals surface area contributed by atoms with Crippen LogP contribution in [0.4, 0.5) is 10.5 Å². The number of rotatable bonds is 5. The van der Waals surface area contributed by atoms with Crippen molar-refractivity contribution >= 4 is 17.4 Å². The third-order valence-corrected chi connectivity index (χ3v) is 6.89. The number of benzene rings is 3. The van der Waals surface area contributed by atoms with Crippen LogP contribution in [0.2, 0.25) is 0 Å². The van der Waals surface area contributed by atoms with Crippen molar-refractivity contribution < 1.29 is 19.0 Å². The third-order valence-electron chi connectivity index (χ3n) is 6.89. The van der Waals surface area contributed by atoms with Gasteiger partial charge in [0.05, 0.1) is 24.8 Å². The molecule has 1 amide bonds. The Morgan fingerprint density at radius 3 is 2.62 bits per heavy atom. The van der Waals surface area contributed by atoms with Gasteiger partial charge in [-0.2, -0.15) is 0 Å². The predicted octanol–water partition coefficient (Wildman–Crippen LogP) is 6.69. The highest BCUT2D eigenvalue weighted by Crippen LogP contribution is 2.53. The highest BCUT2D eigenvalue weighted by molar-refractivity contribution is 5.91. The summed E-state index contributed by atoms with van der Waals surface area (Å²) < 4.78 is 17.9. The number of carbonyl (C=O) groups excluding carboxylic acids is 1. The van der Waals surface area contributed by atoms with Gasteiger partial charge in [0, 0.05) is 37.3 Å². The largest absolute Gasteiger partial charge is 0.496 e. The smallest absolute Gasteiger partial charge is 0.409 e. The highest BCUT2D eigenvalue weighted by Gasteiger charge is 2.35. The Balaban J connectivity index is 1.61. The molecular weight excluding hydrogens is 464 g/mol. The zero-order valence-electron chi connectivity index (χ0n) is 22.3. The van der Waals surface area contributed by atoms with E-state index in [0.717, 1.165) is 45.0 Å². The molecule has 3 aromatic carbocycles. The van der Waals surface area contributed by atoms with Gasteiger partial charge in [0.2, 0.25) is 0 Å². The molecule has 2 aliphatic heterocycles. The van der Waals surface area contributed by atoms with E-state index in [4.69, 9.17) is 14.2 Å². The van der Waals surface area contributed by atoms with Crippen LogP contribution in [-0.4, -0.2) is 44.3 Å². The van der Waals surface area contributed by atoms with Crippen molar-refractivity contribution in [1.29, 1.82) is 0 Å². The van der Waals surface area contributed by atoms with Gasteiger partial charge >= 0.3 is 6.09 Å². The minimum atomic E-state index is -0.337. The lowest BCUT2D eigenvalue weighted by atomic mass is 9.80. The SMILES string of the molecule is COc1cccc2c1-c1ccc3c(c1C(c1cccc(CCOC(=O)N(C)C)c1)O2)C(C)=CC(C)(C)N3. The van der Waals surface area contributed by atoms with E-state index in [1.165, 1.54) is 16.0 Å². The lowest BCUT2D eigenvalue weighted by Crippen LogP contribution is -2.32. The number of nitrogens with one attached hydrogen (secondary N) is 1. The fraction of sp³-hybridized carbons (Fsp3) is 0.323. The summed E-state index contributed by atoms with van der Waals surface area (Å²) in [6.45, 7) is 6.85. The van der Waals surface area contributed by atoms with Crippen LogP contribution in [0.1, 0.15) is 49.1 Å². The molecule has 0 aliphatic carbocycles. The first-order valence-electron chi connectivity index (χ1n) is 12.6. The standard InChI is InChI=1S/C31H34N2O4/c1-19-18-31(2,3)32-23-14-13-22-27-24(35-6)11-8-12-25(27)37-29(28(22)26(19)23)21-10-7-9-20(17-21)15-16-36-30(34)33(4)5/h7-14,17-18,29,32H,15-16H2,1-6H3. The number of hydrogen-bond acceptors (Lipinski definition) is 5. The first-order valence-corrected chi connectivity index (χ1v) is 12.6. The minimum Gasteiger partial charge on any atom is -0.496 e. The molecule has 192 valence electrons. The van der Waals surface area contributed by atoms with E-state index in [9.17, 15) is 4.79 Å². The molecule has 1 N–H and O–H groups in total. The molecule has 5 rings (SSSR count). The molecule has 0 radical (unpaired) electrons. The van der Waals surface area contributed by atoms with E-state index in [-0.39, 0.29) is 17.7 Å². The molecule has 2 heterocycles. The average molecular weight is 499 g/mol. The van der Waals surface area contributed by atoms with E-state index in [1.54, 1.807) is 21.2 Å². The van der Waals surface area contributed by atoms with Crippen molar-refractivity contribution in [3.05, 3.63) is 82.9 Å². The van der Waals surface area contributed by atoms with Crippen LogP contribution in [0, 0.1) is 0 Å². The van der Waals surface area contributed by atoms with Gasteiger partial charge in [0.15, 0.2) is 6.10 Å². The summed E-state index contributed by atoms with van der Waals surface area (Å²) in [7, 11) is 5.06. The summed E-state index contributed by atoms with van der Waals surface area (Å²) in [5, 5.41) is 3.68. The Morgan fingerprint density at radius 2 is 1.86 bits per heavy atom. The Labute approximate surface area is 218 Å². The molecule has 0 spiro atoms. The van der Waals surface area contributed by atoms with Gasteiger partial charge in [-0.05, 0) is 61.2 Å². The average Bonchev–Trinajstić information content (AvgIpc) is 2.86. The molecule has 37 heavy (non-hydrogen) atoms. The number of carbonyl (C=O) groups is 1. The van der Waals surface area contributed by atoms with Crippen molar-refractivity contribution in [2.45, 2.75) is 38.8 Å². The minimum absolute atomic E-state index is 0.143. The second-order valence-corrected chi connectivity index (χ2v) is 10.5. The maximum absolute atomic E-state index is 11.8. The van der Waals surface area contributed by atoms with Crippen molar-refractivity contribution in [1.82, 2.24) is 4.90 Å². The third kappa shape index (κ3) is 4.64. The van der Waals surface area contributed by atoms with Gasteiger partial charge in [-0.1, -0.05) is 42.5 Å². The van der Waals surface area contributed by atoms with E-state index in [0.29, 0.717) is 13.0 Å². The zero-order valence-corrected chi connectivity index (χ0v) is 22.3. The molecule has 3 aromatic rings. The summed E-state index contributed by atoms with van der Waals surface area (Å²) in [4.78, 5) is 13.3. The van der Waals surface area contributed by atoms with Crippen LogP contribution >= 0.6 is 0 Å². The number of methoxy groups -OCH3 is 1. The van der Waals surface area contributed by atoms with Crippen molar-refractivity contribution in [2.24, 2.45) is 0 Å². The lowest BCUT2D eigenvalue weighted by Gasteiger charge is -2.37. The summed E-state index contributed by atoms with van der Waals surface area (Å²) >= 11 is 0. The molecular formula is C31H34N2O4. The molecule has 6 heteroatoms. The van der Waals surface area contributed by atoms with Gasteiger partial charge in [0.25, 0.3) is 0 Å². The second-order valence-electron chi connectivity index (χ2n) is 10.5. The fourth-order valence-electron chi connectivity index (χ4n) is 5.40. The van der Waals surface area contributed by atoms with Crippen LogP contribution in [0.15, 0.2) is 60.7 Å². The van der Waals surface area contributed by atoms with Gasteiger partial charge in [0.1, 0.15) is 11.5 Å². The van der Waals surface area contributed by atoms with Crippen LogP contribution in [0.3, 0.4) is 0 Å². The summed E-state index contributed by atoms with van der Waals surface area (Å²) in [5.41, 5.74) is 8.70. The number of anilines is 1. The fourth-order valence-corrected chi connectivity index (χ4v) is 5.40. The number of fused-ring (bicyclic) bond motifs is 5. The molecule has 0 fully saturated rings. The lowest BCUT2D eigenvalue weighted by molar-refractivity contribution is 0.119. The van der Waals surface area contributed by atoms with E-state index in [1.807, 2.05) is 24.3 Å².